The molecule has 2 rings (SSSR count). The molecule has 0 spiro atoms. The number of carbonyl (C=O) groups excluding carboxylic acids is 1. The number of fused-ring (bicyclic) bond motifs is 1. The molecule has 2 heterocycles. The molecule has 0 radical (unpaired) electrons. The van der Waals surface area contributed by atoms with Crippen LogP contribution in [0.15, 0.2) is 18.3 Å². The highest BCUT2D eigenvalue weighted by atomic mass is 35.5. The maximum absolute atomic E-state index is 13.1. The molecular weight excluding hydrogens is 195 g/mol. The lowest BCUT2D eigenvalue weighted by Gasteiger charge is -1.94. The van der Waals surface area contributed by atoms with Gasteiger partial charge in [0, 0.05) is 6.20 Å². The van der Waals surface area contributed by atoms with Gasteiger partial charge in [-0.2, -0.15) is 0 Å². The summed E-state index contributed by atoms with van der Waals surface area (Å²) in [7, 11) is 0. The van der Waals surface area contributed by atoms with Crippen molar-refractivity contribution in [3.8, 4) is 0 Å². The second kappa shape index (κ2) is 2.81. The van der Waals surface area contributed by atoms with Crippen LogP contribution in [0.4, 0.5) is 4.39 Å². The van der Waals surface area contributed by atoms with Crippen molar-refractivity contribution in [1.29, 1.82) is 0 Å². The van der Waals surface area contributed by atoms with Gasteiger partial charge in [0.05, 0.1) is 0 Å². The molecular formula is C8H4ClFN2O. The van der Waals surface area contributed by atoms with Crippen molar-refractivity contribution >= 4 is 23.4 Å². The van der Waals surface area contributed by atoms with E-state index < -0.39 is 5.82 Å². The first kappa shape index (κ1) is 8.19. The van der Waals surface area contributed by atoms with Gasteiger partial charge < -0.3 is 0 Å². The number of aromatic nitrogens is 2. The first-order valence-electron chi connectivity index (χ1n) is 3.51. The van der Waals surface area contributed by atoms with E-state index in [9.17, 15) is 9.18 Å². The molecule has 0 N–H and O–H groups in total. The number of nitrogens with zero attached hydrogens (tertiary/aromatic N) is 2. The van der Waals surface area contributed by atoms with Crippen molar-refractivity contribution in [3.05, 3.63) is 35.1 Å². The number of imidazole rings is 1. The number of pyridine rings is 1. The lowest BCUT2D eigenvalue weighted by molar-refractivity contribution is 0.111. The molecule has 0 aliphatic rings. The summed E-state index contributed by atoms with van der Waals surface area (Å²) in [6, 6.07) is 2.74. The Bertz CT molecular complexity index is 480. The van der Waals surface area contributed by atoms with Crippen LogP contribution in [0.1, 0.15) is 10.6 Å². The van der Waals surface area contributed by atoms with E-state index in [1.54, 1.807) is 0 Å². The molecule has 0 bridgehead atoms. The molecule has 2 aromatic heterocycles. The second-order valence-corrected chi connectivity index (χ2v) is 2.81. The predicted octanol–water partition coefficient (Wildman–Crippen LogP) is 1.94. The zero-order chi connectivity index (χ0) is 9.42. The molecule has 5 heteroatoms. The van der Waals surface area contributed by atoms with Crippen molar-refractivity contribution in [2.75, 3.05) is 0 Å². The summed E-state index contributed by atoms with van der Waals surface area (Å²) in [5, 5.41) is 0.000185. The number of rotatable bonds is 1. The minimum Gasteiger partial charge on any atom is -0.294 e. The third-order valence-electron chi connectivity index (χ3n) is 1.71. The van der Waals surface area contributed by atoms with E-state index in [2.05, 4.69) is 4.98 Å². The molecule has 0 saturated heterocycles. The van der Waals surface area contributed by atoms with Crippen LogP contribution in [0.25, 0.3) is 5.52 Å². The average Bonchev–Trinajstić information content (AvgIpc) is 2.44. The maximum Gasteiger partial charge on any atom is 0.186 e. The van der Waals surface area contributed by atoms with Crippen LogP contribution in [-0.4, -0.2) is 15.7 Å². The number of halogens is 2. The van der Waals surface area contributed by atoms with Crippen molar-refractivity contribution in [2.45, 2.75) is 0 Å². The summed E-state index contributed by atoms with van der Waals surface area (Å²) < 4.78 is 14.4. The Balaban J connectivity index is 2.95. The van der Waals surface area contributed by atoms with Gasteiger partial charge in [-0.1, -0.05) is 11.6 Å². The van der Waals surface area contributed by atoms with Gasteiger partial charge in [0.15, 0.2) is 17.3 Å². The Morgan fingerprint density at radius 2 is 2.38 bits per heavy atom. The second-order valence-electron chi connectivity index (χ2n) is 2.45. The predicted molar refractivity (Wildman–Crippen MR) is 45.5 cm³/mol. The van der Waals surface area contributed by atoms with E-state index in [1.165, 1.54) is 22.7 Å². The normalized spacial score (nSPS) is 10.6. The summed E-state index contributed by atoms with van der Waals surface area (Å²) in [4.78, 5) is 14.2. The molecule has 0 aliphatic carbocycles. The zero-order valence-corrected chi connectivity index (χ0v) is 7.12. The number of aldehydes is 1. The number of carbonyl (C=O) groups is 1. The Hall–Kier alpha value is -1.42. The van der Waals surface area contributed by atoms with Gasteiger partial charge in [-0.3, -0.25) is 9.20 Å². The summed E-state index contributed by atoms with van der Waals surface area (Å²) in [5.41, 5.74) is 0.131. The molecule has 13 heavy (non-hydrogen) atoms. The van der Waals surface area contributed by atoms with Crippen LogP contribution >= 0.6 is 11.6 Å². The molecule has 66 valence electrons. The largest absolute Gasteiger partial charge is 0.294 e. The summed E-state index contributed by atoms with van der Waals surface area (Å²) in [6.45, 7) is 0. The third kappa shape index (κ3) is 1.10. The quantitative estimate of drug-likeness (QED) is 0.657. The van der Waals surface area contributed by atoms with Gasteiger partial charge in [0.1, 0.15) is 11.3 Å². The first-order valence-corrected chi connectivity index (χ1v) is 3.89. The molecule has 0 saturated carbocycles. The molecule has 3 nitrogen and oxygen atoms in total. The Labute approximate surface area is 77.8 Å². The van der Waals surface area contributed by atoms with Crippen LogP contribution in [0.3, 0.4) is 0 Å². The van der Waals surface area contributed by atoms with E-state index in [0.717, 1.165) is 0 Å². The Morgan fingerprint density at radius 1 is 1.62 bits per heavy atom. The highest BCUT2D eigenvalue weighted by Crippen LogP contribution is 2.19. The van der Waals surface area contributed by atoms with Gasteiger partial charge in [-0.15, -0.1) is 0 Å². The minimum absolute atomic E-state index is 0.000185. The third-order valence-corrected chi connectivity index (χ3v) is 1.97. The summed E-state index contributed by atoms with van der Waals surface area (Å²) in [6.07, 6.45) is 2.05. The molecule has 0 aliphatic heterocycles. The lowest BCUT2D eigenvalue weighted by atomic mass is 10.4. The van der Waals surface area contributed by atoms with Crippen LogP contribution in [-0.2, 0) is 0 Å². The van der Waals surface area contributed by atoms with Crippen molar-refractivity contribution < 1.29 is 9.18 Å². The van der Waals surface area contributed by atoms with E-state index in [1.807, 2.05) is 0 Å². The van der Waals surface area contributed by atoms with Crippen molar-refractivity contribution in [3.63, 3.8) is 0 Å². The highest BCUT2D eigenvalue weighted by Gasteiger charge is 2.11. The summed E-state index contributed by atoms with van der Waals surface area (Å²) >= 11 is 5.63. The van der Waals surface area contributed by atoms with Crippen LogP contribution in [0, 0.1) is 5.82 Å². The summed E-state index contributed by atoms with van der Waals surface area (Å²) in [5.74, 6) is -0.396. The SMILES string of the molecule is O=Cc1nc(Cl)c2c(F)cccn12. The van der Waals surface area contributed by atoms with E-state index in [0.29, 0.717) is 6.29 Å². The molecule has 0 amide bonds. The molecule has 0 fully saturated rings. The fourth-order valence-corrected chi connectivity index (χ4v) is 1.43. The molecule has 0 atom stereocenters. The highest BCUT2D eigenvalue weighted by molar-refractivity contribution is 6.32. The van der Waals surface area contributed by atoms with Crippen LogP contribution in [0.2, 0.25) is 5.15 Å². The van der Waals surface area contributed by atoms with Crippen LogP contribution < -0.4 is 0 Å². The molecule has 0 unspecified atom stereocenters. The fourth-order valence-electron chi connectivity index (χ4n) is 1.16. The van der Waals surface area contributed by atoms with Crippen molar-refractivity contribution in [2.24, 2.45) is 0 Å². The van der Waals surface area contributed by atoms with E-state index in [4.69, 9.17) is 11.6 Å². The van der Waals surface area contributed by atoms with E-state index in [-0.39, 0.29) is 16.5 Å². The monoisotopic (exact) mass is 198 g/mol. The standard InChI is InChI=1S/C8H4ClFN2O/c9-8-7-5(10)2-1-3-12(7)6(4-13)11-8/h1-4H. The smallest absolute Gasteiger partial charge is 0.186 e. The van der Waals surface area contributed by atoms with Crippen molar-refractivity contribution in [1.82, 2.24) is 9.38 Å². The maximum atomic E-state index is 13.1. The Kier molecular flexibility index (Phi) is 1.77. The molecule has 2 aromatic rings. The zero-order valence-electron chi connectivity index (χ0n) is 6.37. The minimum atomic E-state index is -0.493. The Morgan fingerprint density at radius 3 is 3.08 bits per heavy atom. The topological polar surface area (TPSA) is 34.4 Å². The first-order chi connectivity index (χ1) is 6.24. The van der Waals surface area contributed by atoms with Gasteiger partial charge in [0.2, 0.25) is 0 Å². The van der Waals surface area contributed by atoms with Gasteiger partial charge >= 0.3 is 0 Å². The molecule has 0 aromatic carbocycles. The lowest BCUT2D eigenvalue weighted by Crippen LogP contribution is -1.92. The van der Waals surface area contributed by atoms with Gasteiger partial charge in [-0.25, -0.2) is 9.37 Å². The average molecular weight is 199 g/mol. The number of hydrogen-bond donors (Lipinski definition) is 0. The van der Waals surface area contributed by atoms with Crippen LogP contribution in [0.5, 0.6) is 0 Å². The van der Waals surface area contributed by atoms with E-state index >= 15 is 0 Å². The fraction of sp³-hybridized carbons (Fsp3) is 0. The van der Waals surface area contributed by atoms with Gasteiger partial charge in [0.25, 0.3) is 0 Å². The van der Waals surface area contributed by atoms with Gasteiger partial charge in [-0.05, 0) is 12.1 Å². The number of hydrogen-bond acceptors (Lipinski definition) is 2.